The topological polar surface area (TPSA) is 52.0 Å². The van der Waals surface area contributed by atoms with Crippen LogP contribution < -0.4 is 11.5 Å². The van der Waals surface area contributed by atoms with Gasteiger partial charge in [0.2, 0.25) is 0 Å². The monoisotopic (exact) mass is 190 g/mol. The summed E-state index contributed by atoms with van der Waals surface area (Å²) in [5.41, 5.74) is 16.6. The Morgan fingerprint density at radius 2 is 1.93 bits per heavy atom. The van der Waals surface area contributed by atoms with E-state index in [4.69, 9.17) is 11.5 Å². The quantitative estimate of drug-likeness (QED) is 0.703. The summed E-state index contributed by atoms with van der Waals surface area (Å²) in [5.74, 6) is 0.665. The molecule has 14 heavy (non-hydrogen) atoms. The van der Waals surface area contributed by atoms with E-state index >= 15 is 0 Å². The maximum absolute atomic E-state index is 6.16. The number of nitrogens with two attached hydrogens (primary N) is 2. The highest BCUT2D eigenvalue weighted by molar-refractivity contribution is 5.56. The fourth-order valence-corrected chi connectivity index (χ4v) is 2.00. The molecule has 2 nitrogen and oxygen atoms in total. The molecule has 1 fully saturated rings. The molecule has 2 rings (SSSR count). The molecule has 0 heterocycles. The van der Waals surface area contributed by atoms with Gasteiger partial charge in [0.05, 0.1) is 0 Å². The van der Waals surface area contributed by atoms with Gasteiger partial charge in [0, 0.05) is 11.7 Å². The molecule has 1 atom stereocenters. The number of nitrogen functional groups attached to an aromatic ring is 1. The fraction of sp³-hybridized carbons (Fsp3) is 0.500. The summed E-state index contributed by atoms with van der Waals surface area (Å²) in [6.45, 7) is 4.14. The summed E-state index contributed by atoms with van der Waals surface area (Å²) >= 11 is 0. The molecule has 2 heteroatoms. The molecule has 0 saturated heterocycles. The highest BCUT2D eigenvalue weighted by atomic mass is 14.7. The molecular formula is C12H18N2. The predicted octanol–water partition coefficient (Wildman–Crippen LogP) is 2.30. The van der Waals surface area contributed by atoms with Gasteiger partial charge in [-0.1, -0.05) is 17.7 Å². The van der Waals surface area contributed by atoms with Gasteiger partial charge in [0.25, 0.3) is 0 Å². The Balaban J connectivity index is 2.39. The molecule has 0 radical (unpaired) electrons. The molecule has 0 amide bonds. The standard InChI is InChI=1S/C12H18N2/c1-7-5-8(2)11(13)10(6-7)12(14)9-3-4-9/h5-6,9,12H,3-4,13-14H2,1-2H3/t12-/m1/s1. The van der Waals surface area contributed by atoms with Gasteiger partial charge >= 0.3 is 0 Å². The third kappa shape index (κ3) is 1.62. The maximum atomic E-state index is 6.16. The van der Waals surface area contributed by atoms with Gasteiger partial charge in [-0.2, -0.15) is 0 Å². The zero-order valence-corrected chi connectivity index (χ0v) is 8.88. The van der Waals surface area contributed by atoms with Crippen LogP contribution in [0.3, 0.4) is 0 Å². The third-order valence-electron chi connectivity index (χ3n) is 3.05. The lowest BCUT2D eigenvalue weighted by molar-refractivity contribution is 0.634. The van der Waals surface area contributed by atoms with Crippen molar-refractivity contribution in [3.05, 3.63) is 28.8 Å². The lowest BCUT2D eigenvalue weighted by Crippen LogP contribution is -2.15. The Morgan fingerprint density at radius 3 is 2.50 bits per heavy atom. The second-order valence-corrected chi connectivity index (χ2v) is 4.45. The van der Waals surface area contributed by atoms with E-state index in [-0.39, 0.29) is 6.04 Å². The Kier molecular flexibility index (Phi) is 2.23. The molecule has 0 bridgehead atoms. The van der Waals surface area contributed by atoms with Crippen LogP contribution in [0.5, 0.6) is 0 Å². The number of hydrogen-bond acceptors (Lipinski definition) is 2. The minimum atomic E-state index is 0.147. The fourth-order valence-electron chi connectivity index (χ4n) is 2.00. The van der Waals surface area contributed by atoms with E-state index in [1.54, 1.807) is 0 Å². The average Bonchev–Trinajstić information content (AvgIpc) is 2.93. The number of anilines is 1. The molecule has 76 valence electrons. The van der Waals surface area contributed by atoms with E-state index in [0.29, 0.717) is 5.92 Å². The maximum Gasteiger partial charge on any atom is 0.0392 e. The Bertz CT molecular complexity index is 354. The first-order valence-electron chi connectivity index (χ1n) is 5.22. The van der Waals surface area contributed by atoms with Gasteiger partial charge in [-0.3, -0.25) is 0 Å². The van der Waals surface area contributed by atoms with Crippen molar-refractivity contribution in [2.45, 2.75) is 32.7 Å². The van der Waals surface area contributed by atoms with Crippen molar-refractivity contribution in [1.29, 1.82) is 0 Å². The Labute approximate surface area is 85.3 Å². The summed E-state index contributed by atoms with van der Waals surface area (Å²) in [7, 11) is 0. The summed E-state index contributed by atoms with van der Waals surface area (Å²) in [4.78, 5) is 0. The number of benzene rings is 1. The SMILES string of the molecule is Cc1cc(C)c(N)c([C@H](N)C2CC2)c1. The van der Waals surface area contributed by atoms with E-state index in [1.807, 2.05) is 6.92 Å². The van der Waals surface area contributed by atoms with Crippen LogP contribution in [0.25, 0.3) is 0 Å². The second kappa shape index (κ2) is 3.28. The van der Waals surface area contributed by atoms with E-state index in [1.165, 1.54) is 18.4 Å². The minimum Gasteiger partial charge on any atom is -0.398 e. The molecule has 0 aromatic heterocycles. The summed E-state index contributed by atoms with van der Waals surface area (Å²) in [5, 5.41) is 0. The van der Waals surface area contributed by atoms with E-state index < -0.39 is 0 Å². The number of aryl methyl sites for hydroxylation is 2. The molecule has 1 aliphatic carbocycles. The van der Waals surface area contributed by atoms with Gasteiger partial charge < -0.3 is 11.5 Å². The lowest BCUT2D eigenvalue weighted by atomic mass is 9.96. The van der Waals surface area contributed by atoms with Crippen molar-refractivity contribution in [3.63, 3.8) is 0 Å². The van der Waals surface area contributed by atoms with Crippen LogP contribution in [0.2, 0.25) is 0 Å². The van der Waals surface area contributed by atoms with Crippen LogP contribution in [-0.2, 0) is 0 Å². The van der Waals surface area contributed by atoms with Crippen LogP contribution in [0.1, 0.15) is 35.6 Å². The average molecular weight is 190 g/mol. The number of rotatable bonds is 2. The van der Waals surface area contributed by atoms with Gasteiger partial charge in [-0.15, -0.1) is 0 Å². The lowest BCUT2D eigenvalue weighted by Gasteiger charge is -2.16. The third-order valence-corrected chi connectivity index (χ3v) is 3.05. The Hall–Kier alpha value is -1.02. The largest absolute Gasteiger partial charge is 0.398 e. The highest BCUT2D eigenvalue weighted by Gasteiger charge is 2.30. The van der Waals surface area contributed by atoms with Crippen LogP contribution in [0.4, 0.5) is 5.69 Å². The van der Waals surface area contributed by atoms with E-state index in [0.717, 1.165) is 16.8 Å². The molecule has 1 aromatic carbocycles. The zero-order valence-electron chi connectivity index (χ0n) is 8.88. The van der Waals surface area contributed by atoms with Crippen molar-refractivity contribution in [2.75, 3.05) is 5.73 Å². The van der Waals surface area contributed by atoms with Crippen LogP contribution in [0.15, 0.2) is 12.1 Å². The van der Waals surface area contributed by atoms with Crippen LogP contribution >= 0.6 is 0 Å². The summed E-state index contributed by atoms with van der Waals surface area (Å²) in [6, 6.07) is 4.39. The molecular weight excluding hydrogens is 172 g/mol. The van der Waals surface area contributed by atoms with Gasteiger partial charge in [0.1, 0.15) is 0 Å². The molecule has 1 aromatic rings. The van der Waals surface area contributed by atoms with Crippen molar-refractivity contribution in [2.24, 2.45) is 11.7 Å². The molecule has 0 spiro atoms. The van der Waals surface area contributed by atoms with Gasteiger partial charge in [-0.25, -0.2) is 0 Å². The smallest absolute Gasteiger partial charge is 0.0392 e. The highest BCUT2D eigenvalue weighted by Crippen LogP contribution is 2.41. The van der Waals surface area contributed by atoms with Crippen molar-refractivity contribution in [3.8, 4) is 0 Å². The predicted molar refractivity (Wildman–Crippen MR) is 60.0 cm³/mol. The van der Waals surface area contributed by atoms with Gasteiger partial charge in [-0.05, 0) is 43.7 Å². The van der Waals surface area contributed by atoms with Crippen molar-refractivity contribution >= 4 is 5.69 Å². The summed E-state index contributed by atoms with van der Waals surface area (Å²) in [6.07, 6.45) is 2.52. The molecule has 1 aliphatic rings. The van der Waals surface area contributed by atoms with Crippen LogP contribution in [-0.4, -0.2) is 0 Å². The first kappa shape index (κ1) is 9.53. The molecule has 4 N–H and O–H groups in total. The van der Waals surface area contributed by atoms with Crippen molar-refractivity contribution < 1.29 is 0 Å². The molecule has 1 saturated carbocycles. The first-order valence-corrected chi connectivity index (χ1v) is 5.22. The van der Waals surface area contributed by atoms with E-state index in [2.05, 4.69) is 19.1 Å². The summed E-state index contributed by atoms with van der Waals surface area (Å²) < 4.78 is 0. The normalized spacial score (nSPS) is 18.2. The molecule has 0 aliphatic heterocycles. The van der Waals surface area contributed by atoms with Crippen LogP contribution in [0, 0.1) is 19.8 Å². The minimum absolute atomic E-state index is 0.147. The second-order valence-electron chi connectivity index (χ2n) is 4.45. The van der Waals surface area contributed by atoms with Gasteiger partial charge in [0.15, 0.2) is 0 Å². The Morgan fingerprint density at radius 1 is 1.29 bits per heavy atom. The zero-order chi connectivity index (χ0) is 10.3. The van der Waals surface area contributed by atoms with Crippen molar-refractivity contribution in [1.82, 2.24) is 0 Å². The van der Waals surface area contributed by atoms with E-state index in [9.17, 15) is 0 Å². The number of hydrogen-bond donors (Lipinski definition) is 2. The molecule has 0 unspecified atom stereocenters. The first-order chi connectivity index (χ1) is 6.59.